The molecule has 1 amide bonds. The second-order valence-electron chi connectivity index (χ2n) is 7.67. The minimum Gasteiger partial charge on any atom is -0.369 e. The molecular weight excluding hydrogens is 343 g/mol. The lowest BCUT2D eigenvalue weighted by molar-refractivity contribution is 0.0756. The van der Waals surface area contributed by atoms with E-state index in [0.717, 1.165) is 37.2 Å². The van der Waals surface area contributed by atoms with Crippen molar-refractivity contribution in [1.29, 1.82) is 0 Å². The molecule has 1 aliphatic carbocycles. The van der Waals surface area contributed by atoms with Crippen LogP contribution in [0.25, 0.3) is 16.0 Å². The van der Waals surface area contributed by atoms with Gasteiger partial charge >= 0.3 is 6.17 Å². The second kappa shape index (κ2) is 5.78. The highest BCUT2D eigenvalue weighted by Gasteiger charge is 2.49. The average molecular weight is 362 g/mol. The molecule has 1 saturated carbocycles. The van der Waals surface area contributed by atoms with Crippen molar-refractivity contribution < 1.29 is 9.18 Å². The van der Waals surface area contributed by atoms with Crippen LogP contribution in [0.15, 0.2) is 30.5 Å². The van der Waals surface area contributed by atoms with E-state index in [4.69, 9.17) is 6.57 Å². The molecule has 3 heterocycles. The maximum atomic E-state index is 15.3. The van der Waals surface area contributed by atoms with Crippen LogP contribution in [0.1, 0.15) is 41.6 Å². The summed E-state index contributed by atoms with van der Waals surface area (Å²) >= 11 is 0. The summed E-state index contributed by atoms with van der Waals surface area (Å²) in [7, 11) is 0. The molecule has 1 spiro atoms. The normalized spacial score (nSPS) is 21.6. The van der Waals surface area contributed by atoms with E-state index in [2.05, 4.69) is 15.1 Å². The Morgan fingerprint density at radius 2 is 2.26 bits per heavy atom. The van der Waals surface area contributed by atoms with Crippen LogP contribution in [0.2, 0.25) is 0 Å². The number of hydrogen-bond donors (Lipinski definition) is 1. The summed E-state index contributed by atoms with van der Waals surface area (Å²) in [6, 6.07) is 6.91. The van der Waals surface area contributed by atoms with Crippen LogP contribution in [0.3, 0.4) is 0 Å². The topological polar surface area (TPSA) is 49.6 Å². The number of nitrogens with one attached hydrogen (secondary N) is 1. The second-order valence-corrected chi connectivity index (χ2v) is 7.67. The van der Waals surface area contributed by atoms with Gasteiger partial charge in [0.1, 0.15) is 11.6 Å². The van der Waals surface area contributed by atoms with E-state index in [0.29, 0.717) is 24.1 Å². The van der Waals surface area contributed by atoms with Gasteiger partial charge in [-0.2, -0.15) is 0 Å². The number of nitrogens with zero attached hydrogens (tertiary/aromatic N) is 3. The molecule has 5 rings (SSSR count). The zero-order chi connectivity index (χ0) is 18.6. The van der Waals surface area contributed by atoms with Gasteiger partial charge in [0.05, 0.1) is 5.56 Å². The number of benzene rings is 1. The van der Waals surface area contributed by atoms with Gasteiger partial charge in [0.2, 0.25) is 0 Å². The lowest BCUT2D eigenvalue weighted by Gasteiger charge is -2.17. The molecule has 2 fully saturated rings. The molecule has 6 heteroatoms. The van der Waals surface area contributed by atoms with Gasteiger partial charge < -0.3 is 5.32 Å². The molecule has 1 aromatic carbocycles. The number of rotatable bonds is 2. The van der Waals surface area contributed by atoms with Crippen molar-refractivity contribution in [2.45, 2.75) is 37.3 Å². The summed E-state index contributed by atoms with van der Waals surface area (Å²) in [6.07, 6.45) is 4.88. The number of pyridine rings is 1. The number of anilines is 1. The Hall–Kier alpha value is -2.94. The lowest BCUT2D eigenvalue weighted by atomic mass is 9.96. The van der Waals surface area contributed by atoms with E-state index in [1.807, 2.05) is 6.07 Å². The molecule has 1 saturated heterocycles. The number of aromatic nitrogens is 1. The van der Waals surface area contributed by atoms with E-state index in [1.165, 1.54) is 11.0 Å². The summed E-state index contributed by atoms with van der Waals surface area (Å²) < 4.78 is 15.3. The molecule has 2 aliphatic heterocycles. The average Bonchev–Trinajstić information content (AvgIpc) is 3.17. The van der Waals surface area contributed by atoms with Crippen molar-refractivity contribution in [1.82, 2.24) is 9.88 Å². The summed E-state index contributed by atoms with van der Waals surface area (Å²) in [5.74, 6) is -0.0427. The Balaban J connectivity index is 1.53. The molecule has 2 aromatic rings. The summed E-state index contributed by atoms with van der Waals surface area (Å²) in [6.45, 7) is 8.65. The van der Waals surface area contributed by atoms with Crippen molar-refractivity contribution in [3.05, 3.63) is 58.8 Å². The molecule has 5 nitrogen and oxygen atoms in total. The van der Waals surface area contributed by atoms with E-state index >= 15 is 4.39 Å². The van der Waals surface area contributed by atoms with Gasteiger partial charge in [-0.3, -0.25) is 14.5 Å². The lowest BCUT2D eigenvalue weighted by Crippen LogP contribution is -2.34. The molecule has 1 atom stereocenters. The third-order valence-corrected chi connectivity index (χ3v) is 6.08. The molecule has 0 radical (unpaired) electrons. The number of amides is 1. The summed E-state index contributed by atoms with van der Waals surface area (Å²) in [5, 5.41) is 3.33. The highest BCUT2D eigenvalue weighted by molar-refractivity contribution is 5.96. The number of carbonyl (C=O) groups excluding carboxylic acids is 1. The van der Waals surface area contributed by atoms with Crippen molar-refractivity contribution >= 4 is 11.7 Å². The SMILES string of the molecule is [C-]#[N+][C@H]1CCCN1C(=O)c1cccc(-c2cnc3c(c2)C2(CC2)CN3)c1F. The Morgan fingerprint density at radius 3 is 3.04 bits per heavy atom. The maximum absolute atomic E-state index is 15.3. The third-order valence-electron chi connectivity index (χ3n) is 6.08. The number of hydrogen-bond acceptors (Lipinski definition) is 3. The van der Waals surface area contributed by atoms with E-state index in [9.17, 15) is 4.79 Å². The largest absolute Gasteiger partial charge is 0.369 e. The van der Waals surface area contributed by atoms with Crippen LogP contribution in [-0.4, -0.2) is 35.0 Å². The number of likely N-dealkylation sites (tertiary alicyclic amines) is 1. The van der Waals surface area contributed by atoms with Gasteiger partial charge in [-0.1, -0.05) is 12.1 Å². The molecule has 27 heavy (non-hydrogen) atoms. The first kappa shape index (κ1) is 16.2. The zero-order valence-corrected chi connectivity index (χ0v) is 14.8. The van der Waals surface area contributed by atoms with Crippen LogP contribution in [0, 0.1) is 12.4 Å². The first-order valence-corrected chi connectivity index (χ1v) is 9.34. The molecule has 3 aliphatic rings. The van der Waals surface area contributed by atoms with Gasteiger partial charge in [-0.15, -0.1) is 0 Å². The van der Waals surface area contributed by atoms with Crippen LogP contribution in [0.5, 0.6) is 0 Å². The van der Waals surface area contributed by atoms with E-state index in [-0.39, 0.29) is 11.0 Å². The highest BCUT2D eigenvalue weighted by atomic mass is 19.1. The van der Waals surface area contributed by atoms with Crippen molar-refractivity contribution in [3.63, 3.8) is 0 Å². The predicted octanol–water partition coefficient (Wildman–Crippen LogP) is 3.83. The maximum Gasteiger partial charge on any atom is 0.300 e. The van der Waals surface area contributed by atoms with E-state index in [1.54, 1.807) is 18.3 Å². The van der Waals surface area contributed by atoms with Crippen LogP contribution in [0.4, 0.5) is 10.2 Å². The smallest absolute Gasteiger partial charge is 0.300 e. The number of carbonyl (C=O) groups is 1. The van der Waals surface area contributed by atoms with Crippen LogP contribution < -0.4 is 5.32 Å². The highest BCUT2D eigenvalue weighted by Crippen LogP contribution is 2.54. The molecule has 0 bridgehead atoms. The van der Waals surface area contributed by atoms with Gasteiger partial charge in [-0.05, 0) is 31.4 Å². The van der Waals surface area contributed by atoms with Crippen LogP contribution in [-0.2, 0) is 5.41 Å². The zero-order valence-electron chi connectivity index (χ0n) is 14.8. The fraction of sp³-hybridized carbons (Fsp3) is 0.381. The Labute approximate surface area is 157 Å². The fourth-order valence-electron chi connectivity index (χ4n) is 4.30. The van der Waals surface area contributed by atoms with Crippen molar-refractivity contribution in [2.75, 3.05) is 18.4 Å². The molecule has 1 aromatic heterocycles. The quantitative estimate of drug-likeness (QED) is 0.826. The molecule has 1 N–H and O–H groups in total. The van der Waals surface area contributed by atoms with Crippen molar-refractivity contribution in [3.8, 4) is 11.1 Å². The third kappa shape index (κ3) is 2.42. The Kier molecular flexibility index (Phi) is 3.48. The van der Waals surface area contributed by atoms with Crippen molar-refractivity contribution in [2.24, 2.45) is 0 Å². The Bertz CT molecular complexity index is 992. The molecular formula is C21H19FN4O. The monoisotopic (exact) mass is 362 g/mol. The molecule has 136 valence electrons. The molecule has 0 unspecified atom stereocenters. The number of halogens is 1. The number of fused-ring (bicyclic) bond motifs is 2. The van der Waals surface area contributed by atoms with E-state index < -0.39 is 17.9 Å². The Morgan fingerprint density at radius 1 is 1.41 bits per heavy atom. The standard InChI is InChI=1S/C21H19FN4O/c1-23-17-6-3-9-26(17)20(27)15-5-2-4-14(18(15)22)13-10-16-19(24-11-13)25-12-21(16)7-8-21/h2,4-5,10-11,17H,3,6-9,12H2,(H,24,25)/t17-/m1/s1. The van der Waals surface area contributed by atoms with Gasteiger partial charge in [-0.25, -0.2) is 15.9 Å². The fourth-order valence-corrected chi connectivity index (χ4v) is 4.30. The summed E-state index contributed by atoms with van der Waals surface area (Å²) in [4.78, 5) is 22.3. The minimum atomic E-state index is -0.532. The van der Waals surface area contributed by atoms with Crippen LogP contribution >= 0.6 is 0 Å². The predicted molar refractivity (Wildman–Crippen MR) is 99.7 cm³/mol. The van der Waals surface area contributed by atoms with Gasteiger partial charge in [0.25, 0.3) is 5.91 Å². The minimum absolute atomic E-state index is 0.0304. The summed E-state index contributed by atoms with van der Waals surface area (Å²) in [5.41, 5.74) is 2.43. The van der Waals surface area contributed by atoms with Gasteiger partial charge in [0, 0.05) is 47.8 Å². The first-order valence-electron chi connectivity index (χ1n) is 9.34. The van der Waals surface area contributed by atoms with Gasteiger partial charge in [0.15, 0.2) is 0 Å². The first-order chi connectivity index (χ1) is 13.1.